The van der Waals surface area contributed by atoms with Gasteiger partial charge in [0.05, 0.1) is 5.69 Å². The molecule has 1 aliphatic carbocycles. The first-order valence-electron chi connectivity index (χ1n) is 5.90. The maximum absolute atomic E-state index is 13.5. The fourth-order valence-corrected chi connectivity index (χ4v) is 2.86. The lowest BCUT2D eigenvalue weighted by Crippen LogP contribution is -2.53. The average Bonchev–Trinajstić information content (AvgIpc) is 2.69. The molecule has 110 valence electrons. The summed E-state index contributed by atoms with van der Waals surface area (Å²) < 4.78 is 81.1. The number of fused-ring (bicyclic) bond motifs is 3. The number of aromatic nitrogens is 1. The fraction of sp³-hybridized carbons (Fsp3) is 0.214. The Morgan fingerprint density at radius 1 is 0.762 bits per heavy atom. The molecule has 0 fully saturated rings. The lowest BCUT2D eigenvalue weighted by Gasteiger charge is -2.35. The zero-order valence-corrected chi connectivity index (χ0v) is 10.3. The van der Waals surface area contributed by atoms with E-state index in [0.717, 1.165) is 24.3 Å². The van der Waals surface area contributed by atoms with Crippen LogP contribution in [0.4, 0.5) is 26.3 Å². The van der Waals surface area contributed by atoms with E-state index in [1.807, 2.05) is 0 Å². The normalized spacial score (nSPS) is 16.5. The summed E-state index contributed by atoms with van der Waals surface area (Å²) in [6.07, 6.45) is -9.86. The lowest BCUT2D eigenvalue weighted by molar-refractivity contribution is -0.287. The topological polar surface area (TPSA) is 12.9 Å². The molecule has 2 aromatic rings. The van der Waals surface area contributed by atoms with Crippen molar-refractivity contribution in [2.75, 3.05) is 0 Å². The minimum absolute atomic E-state index is 0.136. The minimum atomic E-state index is -5.52. The summed E-state index contributed by atoms with van der Waals surface area (Å²) in [4.78, 5) is 3.72. The van der Waals surface area contributed by atoms with Gasteiger partial charge in [-0.05, 0) is 11.6 Å². The Bertz CT molecular complexity index is 640. The number of hydrogen-bond donors (Lipinski definition) is 0. The third-order valence-electron chi connectivity index (χ3n) is 3.65. The number of pyridine rings is 1. The van der Waals surface area contributed by atoms with Crippen molar-refractivity contribution in [1.82, 2.24) is 4.98 Å². The van der Waals surface area contributed by atoms with Crippen LogP contribution >= 0.6 is 0 Å². The molecule has 0 radical (unpaired) electrons. The second-order valence-corrected chi connectivity index (χ2v) is 4.69. The van der Waals surface area contributed by atoms with E-state index in [-0.39, 0.29) is 11.3 Å². The second kappa shape index (κ2) is 3.99. The maximum atomic E-state index is 13.5. The van der Waals surface area contributed by atoms with Gasteiger partial charge in [-0.15, -0.1) is 0 Å². The average molecular weight is 303 g/mol. The van der Waals surface area contributed by atoms with E-state index >= 15 is 0 Å². The molecule has 21 heavy (non-hydrogen) atoms. The molecule has 0 aliphatic heterocycles. The molecule has 0 amide bonds. The summed E-state index contributed by atoms with van der Waals surface area (Å²) in [5, 5.41) is 0. The Morgan fingerprint density at radius 2 is 1.33 bits per heavy atom. The summed E-state index contributed by atoms with van der Waals surface area (Å²) >= 11 is 0. The van der Waals surface area contributed by atoms with Gasteiger partial charge in [0.2, 0.25) is 5.41 Å². The number of hydrogen-bond acceptors (Lipinski definition) is 1. The lowest BCUT2D eigenvalue weighted by atomic mass is 9.77. The predicted octanol–water partition coefficient (Wildman–Crippen LogP) is 4.47. The molecule has 3 rings (SSSR count). The largest absolute Gasteiger partial charge is 0.411 e. The smallest absolute Gasteiger partial charge is 0.256 e. The van der Waals surface area contributed by atoms with Crippen LogP contribution in [0.15, 0.2) is 42.6 Å². The summed E-state index contributed by atoms with van der Waals surface area (Å²) in [7, 11) is 0. The molecule has 1 aliphatic rings. The third kappa shape index (κ3) is 1.57. The van der Waals surface area contributed by atoms with Gasteiger partial charge in [0, 0.05) is 17.3 Å². The van der Waals surface area contributed by atoms with Gasteiger partial charge in [0.25, 0.3) is 0 Å². The highest BCUT2D eigenvalue weighted by atomic mass is 19.4. The Balaban J connectivity index is 2.51. The molecule has 1 nitrogen and oxygen atoms in total. The highest BCUT2D eigenvalue weighted by molar-refractivity contribution is 5.79. The third-order valence-corrected chi connectivity index (χ3v) is 3.65. The maximum Gasteiger partial charge on any atom is 0.411 e. The first-order valence-corrected chi connectivity index (χ1v) is 5.90. The van der Waals surface area contributed by atoms with E-state index < -0.39 is 28.9 Å². The van der Waals surface area contributed by atoms with Crippen LogP contribution in [-0.2, 0) is 5.41 Å². The van der Waals surface area contributed by atoms with Gasteiger partial charge < -0.3 is 0 Å². The van der Waals surface area contributed by atoms with Crippen molar-refractivity contribution in [3.63, 3.8) is 0 Å². The summed E-state index contributed by atoms with van der Waals surface area (Å²) in [5.41, 5.74) is -6.13. The van der Waals surface area contributed by atoms with Crippen molar-refractivity contribution in [3.05, 3.63) is 53.7 Å². The van der Waals surface area contributed by atoms with Gasteiger partial charge in [-0.2, -0.15) is 26.3 Å². The van der Waals surface area contributed by atoms with E-state index in [0.29, 0.717) is 0 Å². The van der Waals surface area contributed by atoms with E-state index in [4.69, 9.17) is 0 Å². The predicted molar refractivity (Wildman–Crippen MR) is 62.6 cm³/mol. The summed E-state index contributed by atoms with van der Waals surface area (Å²) in [6, 6.07) is 6.55. The quantitative estimate of drug-likeness (QED) is 0.654. The van der Waals surface area contributed by atoms with E-state index in [1.165, 1.54) is 18.3 Å². The van der Waals surface area contributed by atoms with Crippen LogP contribution in [0.25, 0.3) is 11.3 Å². The van der Waals surface area contributed by atoms with E-state index in [9.17, 15) is 26.3 Å². The summed E-state index contributed by atoms with van der Waals surface area (Å²) in [6.45, 7) is 0. The number of rotatable bonds is 0. The van der Waals surface area contributed by atoms with Crippen molar-refractivity contribution in [2.45, 2.75) is 17.8 Å². The SMILES string of the molecule is FC(F)(F)C1(C(F)(F)F)c2ccccc2-c2ncccc21. The molecule has 0 atom stereocenters. The number of benzene rings is 1. The molecule has 0 spiro atoms. The Hall–Kier alpha value is -2.05. The van der Waals surface area contributed by atoms with Crippen molar-refractivity contribution in [2.24, 2.45) is 0 Å². The van der Waals surface area contributed by atoms with Gasteiger partial charge >= 0.3 is 12.4 Å². The first-order chi connectivity index (χ1) is 9.71. The minimum Gasteiger partial charge on any atom is -0.256 e. The number of alkyl halides is 6. The first kappa shape index (κ1) is 13.9. The highest BCUT2D eigenvalue weighted by Gasteiger charge is 2.75. The molecule has 7 heteroatoms. The van der Waals surface area contributed by atoms with Gasteiger partial charge in [0.1, 0.15) is 0 Å². The van der Waals surface area contributed by atoms with Crippen molar-refractivity contribution >= 4 is 0 Å². The van der Waals surface area contributed by atoms with Gasteiger partial charge in [-0.25, -0.2) is 0 Å². The van der Waals surface area contributed by atoms with Gasteiger partial charge in [0.15, 0.2) is 0 Å². The van der Waals surface area contributed by atoms with Crippen LogP contribution in [-0.4, -0.2) is 17.3 Å². The monoisotopic (exact) mass is 303 g/mol. The van der Waals surface area contributed by atoms with Crippen molar-refractivity contribution in [1.29, 1.82) is 0 Å². The van der Waals surface area contributed by atoms with Crippen molar-refractivity contribution in [3.8, 4) is 11.3 Å². The second-order valence-electron chi connectivity index (χ2n) is 4.69. The Kier molecular flexibility index (Phi) is 2.64. The molecule has 1 aromatic carbocycles. The molecule has 0 bridgehead atoms. The molecule has 0 saturated heterocycles. The zero-order chi connectivity index (χ0) is 15.5. The molecule has 1 aromatic heterocycles. The Labute approximate surface area is 115 Å². The van der Waals surface area contributed by atoms with Crippen LogP contribution < -0.4 is 0 Å². The molecular weight excluding hydrogens is 296 g/mol. The fourth-order valence-electron chi connectivity index (χ4n) is 2.86. The number of nitrogens with zero attached hydrogens (tertiary/aromatic N) is 1. The van der Waals surface area contributed by atoms with Crippen LogP contribution in [0.2, 0.25) is 0 Å². The van der Waals surface area contributed by atoms with Crippen molar-refractivity contribution < 1.29 is 26.3 Å². The number of halogens is 6. The highest BCUT2D eigenvalue weighted by Crippen LogP contribution is 2.62. The molecule has 0 saturated carbocycles. The van der Waals surface area contributed by atoms with Crippen LogP contribution in [0.1, 0.15) is 11.1 Å². The molecule has 1 heterocycles. The Morgan fingerprint density at radius 3 is 1.95 bits per heavy atom. The van der Waals surface area contributed by atoms with E-state index in [1.54, 1.807) is 0 Å². The van der Waals surface area contributed by atoms with E-state index in [2.05, 4.69) is 4.98 Å². The standard InChI is InChI=1S/C14H7F6N/c15-13(16,17)12(14(18,19)20)9-5-2-1-4-8(9)11-10(12)6-3-7-21-11/h1-7H. The van der Waals surface area contributed by atoms with Crippen LogP contribution in [0.5, 0.6) is 0 Å². The summed E-state index contributed by atoms with van der Waals surface area (Å²) in [5.74, 6) is 0. The van der Waals surface area contributed by atoms with Crippen LogP contribution in [0, 0.1) is 0 Å². The molecule has 0 N–H and O–H groups in total. The van der Waals surface area contributed by atoms with Crippen LogP contribution in [0.3, 0.4) is 0 Å². The zero-order valence-electron chi connectivity index (χ0n) is 10.3. The van der Waals surface area contributed by atoms with Gasteiger partial charge in [-0.3, -0.25) is 4.98 Å². The molecule has 0 unspecified atom stereocenters. The molecular formula is C14H7F6N. The van der Waals surface area contributed by atoms with Gasteiger partial charge in [-0.1, -0.05) is 30.3 Å².